The molecule has 1 aliphatic rings. The van der Waals surface area contributed by atoms with Gasteiger partial charge in [-0.2, -0.15) is 0 Å². The van der Waals surface area contributed by atoms with Gasteiger partial charge in [-0.25, -0.2) is 4.79 Å². The Labute approximate surface area is 107 Å². The van der Waals surface area contributed by atoms with Gasteiger partial charge in [0.1, 0.15) is 11.4 Å². The molecule has 0 heterocycles. The van der Waals surface area contributed by atoms with Crippen LogP contribution >= 0.6 is 0 Å². The Bertz CT molecular complexity index is 366. The van der Waals surface area contributed by atoms with Crippen molar-refractivity contribution >= 4 is 11.9 Å². The standard InChI is InChI=1S/C13H21NO4/c1-13(2,3)18-12(17)14-7-6-9-8-10(15)4-5-11(9)16/h16H,4-8H2,1-3H3,(H,14,17). The van der Waals surface area contributed by atoms with Gasteiger partial charge < -0.3 is 15.2 Å². The number of Topliss-reactive ketones (excluding diaryl/α,β-unsaturated/α-hetero) is 1. The summed E-state index contributed by atoms with van der Waals surface area (Å²) in [5.74, 6) is 0.431. The third-order valence-corrected chi connectivity index (χ3v) is 2.55. The fourth-order valence-electron chi connectivity index (χ4n) is 1.73. The summed E-state index contributed by atoms with van der Waals surface area (Å²) in [6.45, 7) is 5.74. The number of aliphatic hydroxyl groups excluding tert-OH is 1. The molecule has 0 unspecified atom stereocenters. The average Bonchev–Trinajstić information content (AvgIpc) is 2.20. The maximum absolute atomic E-state index is 11.4. The van der Waals surface area contributed by atoms with E-state index in [4.69, 9.17) is 4.74 Å². The van der Waals surface area contributed by atoms with Crippen LogP contribution in [0, 0.1) is 0 Å². The van der Waals surface area contributed by atoms with Gasteiger partial charge in [-0.1, -0.05) is 0 Å². The number of carbonyl (C=O) groups is 2. The van der Waals surface area contributed by atoms with Crippen molar-refractivity contribution in [3.05, 3.63) is 11.3 Å². The molecule has 0 aliphatic heterocycles. The smallest absolute Gasteiger partial charge is 0.407 e. The van der Waals surface area contributed by atoms with Crippen LogP contribution in [0.15, 0.2) is 11.3 Å². The second-order valence-electron chi connectivity index (χ2n) is 5.44. The van der Waals surface area contributed by atoms with Crippen LogP contribution < -0.4 is 5.32 Å². The van der Waals surface area contributed by atoms with E-state index in [9.17, 15) is 14.7 Å². The van der Waals surface area contributed by atoms with Crippen LogP contribution in [0.4, 0.5) is 4.79 Å². The number of ketones is 1. The Morgan fingerprint density at radius 2 is 2.06 bits per heavy atom. The zero-order valence-electron chi connectivity index (χ0n) is 11.2. The predicted molar refractivity (Wildman–Crippen MR) is 67.4 cm³/mol. The number of alkyl carbamates (subject to hydrolysis) is 1. The number of ether oxygens (including phenoxy) is 1. The number of carbonyl (C=O) groups excluding carboxylic acids is 2. The van der Waals surface area contributed by atoms with Gasteiger partial charge in [-0.3, -0.25) is 4.79 Å². The molecule has 1 aliphatic carbocycles. The molecule has 102 valence electrons. The summed E-state index contributed by atoms with van der Waals surface area (Å²) in [5.41, 5.74) is 0.203. The van der Waals surface area contributed by atoms with E-state index in [2.05, 4.69) is 5.32 Å². The van der Waals surface area contributed by atoms with Crippen LogP contribution in [-0.4, -0.2) is 29.1 Å². The van der Waals surface area contributed by atoms with Gasteiger partial charge >= 0.3 is 6.09 Å². The molecule has 0 aromatic heterocycles. The van der Waals surface area contributed by atoms with Crippen LogP contribution in [0.2, 0.25) is 0 Å². The molecule has 5 nitrogen and oxygen atoms in total. The van der Waals surface area contributed by atoms with Gasteiger partial charge in [-0.05, 0) is 32.8 Å². The number of aliphatic hydroxyl groups is 1. The van der Waals surface area contributed by atoms with Crippen molar-refractivity contribution in [1.29, 1.82) is 0 Å². The maximum Gasteiger partial charge on any atom is 0.407 e. The molecule has 0 atom stereocenters. The molecule has 0 spiro atoms. The van der Waals surface area contributed by atoms with Crippen molar-refractivity contribution in [3.63, 3.8) is 0 Å². The Balaban J connectivity index is 2.33. The highest BCUT2D eigenvalue weighted by atomic mass is 16.6. The van der Waals surface area contributed by atoms with Gasteiger partial charge in [0.25, 0.3) is 0 Å². The molecule has 0 bridgehead atoms. The summed E-state index contributed by atoms with van der Waals surface area (Å²) in [4.78, 5) is 22.6. The quantitative estimate of drug-likeness (QED) is 0.812. The highest BCUT2D eigenvalue weighted by Crippen LogP contribution is 2.22. The molecule has 1 amide bonds. The van der Waals surface area contributed by atoms with Crippen molar-refractivity contribution in [2.45, 2.75) is 52.1 Å². The second-order valence-corrected chi connectivity index (χ2v) is 5.44. The highest BCUT2D eigenvalue weighted by molar-refractivity contribution is 5.82. The topological polar surface area (TPSA) is 75.6 Å². The van der Waals surface area contributed by atoms with Crippen LogP contribution in [-0.2, 0) is 9.53 Å². The van der Waals surface area contributed by atoms with Gasteiger partial charge in [0.15, 0.2) is 0 Å². The minimum Gasteiger partial charge on any atom is -0.512 e. The van der Waals surface area contributed by atoms with Crippen LogP contribution in [0.1, 0.15) is 46.5 Å². The lowest BCUT2D eigenvalue weighted by Crippen LogP contribution is -2.33. The van der Waals surface area contributed by atoms with E-state index in [0.29, 0.717) is 38.0 Å². The van der Waals surface area contributed by atoms with Gasteiger partial charge in [0.05, 0.1) is 5.76 Å². The summed E-state index contributed by atoms with van der Waals surface area (Å²) in [6, 6.07) is 0. The third-order valence-electron chi connectivity index (χ3n) is 2.55. The van der Waals surface area contributed by atoms with E-state index >= 15 is 0 Å². The Morgan fingerprint density at radius 1 is 1.39 bits per heavy atom. The van der Waals surface area contributed by atoms with E-state index in [1.54, 1.807) is 20.8 Å². The Morgan fingerprint density at radius 3 is 2.67 bits per heavy atom. The summed E-state index contributed by atoms with van der Waals surface area (Å²) >= 11 is 0. The van der Waals surface area contributed by atoms with Gasteiger partial charge in [0.2, 0.25) is 0 Å². The first-order valence-electron chi connectivity index (χ1n) is 6.16. The number of allylic oxidation sites excluding steroid dienone is 1. The predicted octanol–water partition coefficient (Wildman–Crippen LogP) is 2.47. The Hall–Kier alpha value is -1.52. The number of hydrogen-bond donors (Lipinski definition) is 2. The van der Waals surface area contributed by atoms with E-state index in [1.807, 2.05) is 0 Å². The maximum atomic E-state index is 11.4. The second kappa shape index (κ2) is 5.89. The first-order chi connectivity index (χ1) is 8.28. The first-order valence-corrected chi connectivity index (χ1v) is 6.16. The number of nitrogens with one attached hydrogen (secondary N) is 1. The molecule has 1 rings (SSSR count). The number of amides is 1. The average molecular weight is 255 g/mol. The van der Waals surface area contributed by atoms with Crippen molar-refractivity contribution in [3.8, 4) is 0 Å². The van der Waals surface area contributed by atoms with E-state index < -0.39 is 11.7 Å². The third kappa shape index (κ3) is 5.21. The lowest BCUT2D eigenvalue weighted by Gasteiger charge is -2.20. The molecule has 0 radical (unpaired) electrons. The molecule has 0 aromatic carbocycles. The minimum absolute atomic E-state index is 0.139. The fourth-order valence-corrected chi connectivity index (χ4v) is 1.73. The highest BCUT2D eigenvalue weighted by Gasteiger charge is 2.19. The molecule has 5 heteroatoms. The van der Waals surface area contributed by atoms with E-state index in [1.165, 1.54) is 0 Å². The number of rotatable bonds is 3. The Kier molecular flexibility index (Phi) is 4.76. The first kappa shape index (κ1) is 14.5. The monoisotopic (exact) mass is 255 g/mol. The zero-order chi connectivity index (χ0) is 13.8. The zero-order valence-corrected chi connectivity index (χ0v) is 11.2. The molecular weight excluding hydrogens is 234 g/mol. The van der Waals surface area contributed by atoms with Crippen LogP contribution in [0.25, 0.3) is 0 Å². The molecule has 18 heavy (non-hydrogen) atoms. The van der Waals surface area contributed by atoms with Gasteiger partial charge in [-0.15, -0.1) is 0 Å². The van der Waals surface area contributed by atoms with Crippen molar-refractivity contribution in [2.24, 2.45) is 0 Å². The molecule has 0 fully saturated rings. The molecule has 0 saturated heterocycles. The fraction of sp³-hybridized carbons (Fsp3) is 0.692. The van der Waals surface area contributed by atoms with Gasteiger partial charge in [0, 0.05) is 25.8 Å². The van der Waals surface area contributed by atoms with Crippen molar-refractivity contribution < 1.29 is 19.4 Å². The summed E-state index contributed by atoms with van der Waals surface area (Å²) in [5, 5.41) is 12.2. The molecule has 0 saturated carbocycles. The summed E-state index contributed by atoms with van der Waals surface area (Å²) in [7, 11) is 0. The normalized spacial score (nSPS) is 16.7. The molecular formula is C13H21NO4. The van der Waals surface area contributed by atoms with Crippen LogP contribution in [0.5, 0.6) is 0 Å². The van der Waals surface area contributed by atoms with E-state index in [0.717, 1.165) is 5.57 Å². The lowest BCUT2D eigenvalue weighted by atomic mass is 9.94. The van der Waals surface area contributed by atoms with Crippen molar-refractivity contribution in [1.82, 2.24) is 5.32 Å². The number of hydrogen-bond acceptors (Lipinski definition) is 4. The van der Waals surface area contributed by atoms with Crippen molar-refractivity contribution in [2.75, 3.05) is 6.54 Å². The minimum atomic E-state index is -0.522. The largest absolute Gasteiger partial charge is 0.512 e. The lowest BCUT2D eigenvalue weighted by molar-refractivity contribution is -0.119. The van der Waals surface area contributed by atoms with Crippen LogP contribution in [0.3, 0.4) is 0 Å². The summed E-state index contributed by atoms with van der Waals surface area (Å²) < 4.78 is 5.08. The van der Waals surface area contributed by atoms with E-state index in [-0.39, 0.29) is 5.78 Å². The molecule has 0 aromatic rings. The molecule has 2 N–H and O–H groups in total. The SMILES string of the molecule is CC(C)(C)OC(=O)NCCC1=C(O)CCC(=O)C1. The summed E-state index contributed by atoms with van der Waals surface area (Å²) in [6.07, 6.45) is 1.12.